The molecule has 182 valence electrons. The minimum atomic E-state index is 0.534. The summed E-state index contributed by atoms with van der Waals surface area (Å²) in [6.07, 6.45) is 5.80. The van der Waals surface area contributed by atoms with Gasteiger partial charge < -0.3 is 4.98 Å². The summed E-state index contributed by atoms with van der Waals surface area (Å²) in [5, 5.41) is 3.83. The predicted molar refractivity (Wildman–Crippen MR) is 158 cm³/mol. The fraction of sp³-hybridized carbons (Fsp3) is 0.0857. The first kappa shape index (κ1) is 22.4. The number of nitrogens with zero attached hydrogens (tertiary/aromatic N) is 2. The van der Waals surface area contributed by atoms with Gasteiger partial charge in [-0.1, -0.05) is 110 Å². The van der Waals surface area contributed by atoms with E-state index in [4.69, 9.17) is 9.97 Å². The van der Waals surface area contributed by atoms with Gasteiger partial charge in [0, 0.05) is 38.2 Å². The Bertz CT molecular complexity index is 1840. The molecular formula is C35H27N3. The summed E-state index contributed by atoms with van der Waals surface area (Å²) in [5.74, 6) is 1.26. The predicted octanol–water partition coefficient (Wildman–Crippen LogP) is 7.23. The monoisotopic (exact) mass is 489 g/mol. The van der Waals surface area contributed by atoms with E-state index in [1.54, 1.807) is 0 Å². The summed E-state index contributed by atoms with van der Waals surface area (Å²) < 4.78 is 0. The molecule has 0 spiro atoms. The van der Waals surface area contributed by atoms with Gasteiger partial charge in [-0.3, -0.25) is 0 Å². The van der Waals surface area contributed by atoms with E-state index in [0.717, 1.165) is 45.9 Å². The number of fused-ring (bicyclic) bond motifs is 3. The van der Waals surface area contributed by atoms with Crippen LogP contribution in [0.1, 0.15) is 13.3 Å². The lowest BCUT2D eigenvalue weighted by Crippen LogP contribution is -2.27. The number of aromatic nitrogens is 3. The Morgan fingerprint density at radius 3 is 2.00 bits per heavy atom. The average molecular weight is 490 g/mol. The molecular weight excluding hydrogens is 462 g/mol. The van der Waals surface area contributed by atoms with Gasteiger partial charge in [-0.25, -0.2) is 9.97 Å². The van der Waals surface area contributed by atoms with Crippen LogP contribution in [0.5, 0.6) is 0 Å². The van der Waals surface area contributed by atoms with E-state index in [1.165, 1.54) is 27.0 Å². The summed E-state index contributed by atoms with van der Waals surface area (Å²) in [5.41, 5.74) is 8.56. The lowest BCUT2D eigenvalue weighted by molar-refractivity contribution is 0.799. The lowest BCUT2D eigenvalue weighted by atomic mass is 9.95. The van der Waals surface area contributed by atoms with Crippen molar-refractivity contribution in [2.24, 2.45) is 5.92 Å². The molecule has 38 heavy (non-hydrogen) atoms. The second kappa shape index (κ2) is 9.28. The van der Waals surface area contributed by atoms with Crippen LogP contribution in [0.2, 0.25) is 0 Å². The highest BCUT2D eigenvalue weighted by atomic mass is 14.9. The highest BCUT2D eigenvalue weighted by molar-refractivity contribution is 5.97. The highest BCUT2D eigenvalue weighted by Gasteiger charge is 2.14. The van der Waals surface area contributed by atoms with Crippen molar-refractivity contribution < 1.29 is 0 Å². The van der Waals surface area contributed by atoms with Crippen molar-refractivity contribution in [1.29, 1.82) is 0 Å². The molecule has 3 heteroatoms. The Morgan fingerprint density at radius 2 is 1.29 bits per heavy atom. The largest absolute Gasteiger partial charge is 0.355 e. The summed E-state index contributed by atoms with van der Waals surface area (Å²) in [6, 6.07) is 37.9. The molecule has 0 saturated carbocycles. The molecule has 1 aliphatic carbocycles. The third-order valence-electron chi connectivity index (χ3n) is 7.34. The fourth-order valence-corrected chi connectivity index (χ4v) is 5.44. The van der Waals surface area contributed by atoms with Crippen molar-refractivity contribution in [2.45, 2.75) is 13.3 Å². The molecule has 2 heterocycles. The van der Waals surface area contributed by atoms with Gasteiger partial charge in [0.1, 0.15) is 0 Å². The lowest BCUT2D eigenvalue weighted by Gasteiger charge is -2.11. The summed E-state index contributed by atoms with van der Waals surface area (Å²) in [7, 11) is 0. The van der Waals surface area contributed by atoms with E-state index in [0.29, 0.717) is 5.92 Å². The van der Waals surface area contributed by atoms with Gasteiger partial charge >= 0.3 is 0 Å². The van der Waals surface area contributed by atoms with Crippen LogP contribution in [0.3, 0.4) is 0 Å². The number of hydrogen-bond acceptors (Lipinski definition) is 2. The van der Waals surface area contributed by atoms with E-state index in [9.17, 15) is 0 Å². The van der Waals surface area contributed by atoms with Gasteiger partial charge in [-0.05, 0) is 41.7 Å². The van der Waals surface area contributed by atoms with Crippen LogP contribution in [-0.2, 0) is 0 Å². The molecule has 2 aromatic heterocycles. The molecule has 0 fully saturated rings. The Kier molecular flexibility index (Phi) is 5.48. The fourth-order valence-electron chi connectivity index (χ4n) is 5.44. The molecule has 0 radical (unpaired) electrons. The maximum Gasteiger partial charge on any atom is 0.160 e. The zero-order valence-corrected chi connectivity index (χ0v) is 21.2. The van der Waals surface area contributed by atoms with Gasteiger partial charge in [0.15, 0.2) is 5.82 Å². The smallest absolute Gasteiger partial charge is 0.160 e. The Morgan fingerprint density at radius 1 is 0.658 bits per heavy atom. The first-order valence-corrected chi connectivity index (χ1v) is 13.2. The summed E-state index contributed by atoms with van der Waals surface area (Å²) in [4.78, 5) is 13.7. The zero-order valence-electron chi connectivity index (χ0n) is 21.2. The van der Waals surface area contributed by atoms with Crippen molar-refractivity contribution in [3.8, 4) is 45.0 Å². The van der Waals surface area contributed by atoms with Crippen molar-refractivity contribution in [2.75, 3.05) is 0 Å². The van der Waals surface area contributed by atoms with E-state index in [2.05, 4.69) is 96.9 Å². The molecule has 0 bridgehead atoms. The van der Waals surface area contributed by atoms with Crippen molar-refractivity contribution in [1.82, 2.24) is 15.0 Å². The quantitative estimate of drug-likeness (QED) is 0.284. The van der Waals surface area contributed by atoms with E-state index < -0.39 is 0 Å². The molecule has 0 aliphatic heterocycles. The van der Waals surface area contributed by atoms with E-state index in [1.807, 2.05) is 36.4 Å². The second-order valence-corrected chi connectivity index (χ2v) is 10.0. The molecule has 3 nitrogen and oxygen atoms in total. The van der Waals surface area contributed by atoms with Crippen LogP contribution in [0.15, 0.2) is 109 Å². The van der Waals surface area contributed by atoms with Crippen molar-refractivity contribution >= 4 is 23.1 Å². The second-order valence-electron chi connectivity index (χ2n) is 10.0. The normalized spacial score (nSPS) is 14.5. The van der Waals surface area contributed by atoms with Crippen LogP contribution in [0.4, 0.5) is 0 Å². The van der Waals surface area contributed by atoms with Crippen LogP contribution in [0, 0.1) is 5.92 Å². The van der Waals surface area contributed by atoms with Gasteiger partial charge in [0.05, 0.1) is 11.4 Å². The number of H-pyrrole nitrogens is 1. The number of aromatic amines is 1. The van der Waals surface area contributed by atoms with Gasteiger partial charge in [-0.2, -0.15) is 0 Å². The van der Waals surface area contributed by atoms with Gasteiger partial charge in [-0.15, -0.1) is 0 Å². The molecule has 1 atom stereocenters. The standard InChI is InChI=1S/C35H27N3/c1-23-18-19-30-29(20-23)34-28(16-9-17-31(34)36-30)26-14-8-15-27(21-26)35-37-32(24-10-4-2-5-11-24)22-33(38-35)25-12-6-3-7-13-25/h2-17,19-23,36H,18H2,1H3. The molecule has 1 N–H and O–H groups in total. The number of hydrogen-bond donors (Lipinski definition) is 1. The SMILES string of the molecule is CC1C=c2c([nH]c3cccc(-c4cccc(-c5nc(-c6ccccc6)cc(-c6ccccc6)n5)c4)c23)=CC1. The minimum Gasteiger partial charge on any atom is -0.355 e. The maximum absolute atomic E-state index is 5.04. The van der Waals surface area contributed by atoms with Crippen LogP contribution < -0.4 is 10.6 Å². The Hall–Kier alpha value is -4.76. The van der Waals surface area contributed by atoms with Crippen LogP contribution >= 0.6 is 0 Å². The molecule has 1 unspecified atom stereocenters. The topological polar surface area (TPSA) is 41.6 Å². The van der Waals surface area contributed by atoms with E-state index >= 15 is 0 Å². The maximum atomic E-state index is 5.04. The molecule has 7 rings (SSSR count). The average Bonchev–Trinajstić information content (AvgIpc) is 3.36. The molecule has 1 aliphatic rings. The van der Waals surface area contributed by atoms with Crippen molar-refractivity contribution in [3.05, 3.63) is 120 Å². The first-order chi connectivity index (χ1) is 18.7. The molecule has 0 saturated heterocycles. The Labute approximate surface area is 221 Å². The summed E-state index contributed by atoms with van der Waals surface area (Å²) in [6.45, 7) is 2.28. The molecule has 4 aromatic carbocycles. The van der Waals surface area contributed by atoms with Crippen LogP contribution in [-0.4, -0.2) is 15.0 Å². The molecule has 0 amide bonds. The number of benzene rings is 4. The van der Waals surface area contributed by atoms with Crippen molar-refractivity contribution in [3.63, 3.8) is 0 Å². The van der Waals surface area contributed by atoms with E-state index in [-0.39, 0.29) is 0 Å². The third-order valence-corrected chi connectivity index (χ3v) is 7.34. The molecule has 6 aromatic rings. The summed E-state index contributed by atoms with van der Waals surface area (Å²) >= 11 is 0. The van der Waals surface area contributed by atoms with Gasteiger partial charge in [0.2, 0.25) is 0 Å². The highest BCUT2D eigenvalue weighted by Crippen LogP contribution is 2.31. The first-order valence-electron chi connectivity index (χ1n) is 13.2. The number of rotatable bonds is 4. The zero-order chi connectivity index (χ0) is 25.5. The van der Waals surface area contributed by atoms with Crippen LogP contribution in [0.25, 0.3) is 68.1 Å². The minimum absolute atomic E-state index is 0.534. The third kappa shape index (κ3) is 4.03. The number of nitrogens with one attached hydrogen (secondary N) is 1. The van der Waals surface area contributed by atoms with Gasteiger partial charge in [0.25, 0.3) is 0 Å². The Balaban J connectivity index is 1.41.